The lowest BCUT2D eigenvalue weighted by atomic mass is 10.1. The van der Waals surface area contributed by atoms with Crippen molar-refractivity contribution >= 4 is 5.91 Å². The van der Waals surface area contributed by atoms with Gasteiger partial charge in [0, 0.05) is 12.6 Å². The van der Waals surface area contributed by atoms with Crippen molar-refractivity contribution in [1.29, 1.82) is 5.26 Å². The Morgan fingerprint density at radius 2 is 2.22 bits per heavy atom. The van der Waals surface area contributed by atoms with Crippen molar-refractivity contribution < 1.29 is 9.18 Å². The summed E-state index contributed by atoms with van der Waals surface area (Å²) in [6.45, 7) is 4.23. The third kappa shape index (κ3) is 4.17. The number of benzene rings is 1. The predicted octanol–water partition coefficient (Wildman–Crippen LogP) is 2.52. The number of nitriles is 1. The van der Waals surface area contributed by atoms with E-state index in [1.807, 2.05) is 19.9 Å². The fourth-order valence-electron chi connectivity index (χ4n) is 1.76. The number of nitrogens with zero attached hydrogens (tertiary/aromatic N) is 2. The fourth-order valence-corrected chi connectivity index (χ4v) is 1.76. The van der Waals surface area contributed by atoms with E-state index in [1.54, 1.807) is 17.0 Å². The smallest absolute Gasteiger partial charge is 0.227 e. The number of carbonyl (C=O) groups excluding carboxylic acids is 1. The van der Waals surface area contributed by atoms with Crippen molar-refractivity contribution in [2.24, 2.45) is 0 Å². The second-order valence-corrected chi connectivity index (χ2v) is 4.40. The first-order valence-corrected chi connectivity index (χ1v) is 5.95. The minimum atomic E-state index is -0.339. The van der Waals surface area contributed by atoms with Crippen molar-refractivity contribution in [1.82, 2.24) is 4.90 Å². The standard InChI is InChI=1S/C14H17FN2O/c1-11(2)17(8-4-7-16)14(18)10-12-5-3-6-13(15)9-12/h3,5-6,9,11H,4,8,10H2,1-2H3. The van der Waals surface area contributed by atoms with Crippen molar-refractivity contribution in [2.75, 3.05) is 6.54 Å². The Bertz CT molecular complexity index is 451. The number of hydrogen-bond donors (Lipinski definition) is 0. The summed E-state index contributed by atoms with van der Waals surface area (Å²) in [4.78, 5) is 13.7. The summed E-state index contributed by atoms with van der Waals surface area (Å²) in [7, 11) is 0. The molecule has 96 valence electrons. The van der Waals surface area contributed by atoms with Crippen LogP contribution in [0.2, 0.25) is 0 Å². The van der Waals surface area contributed by atoms with Crippen molar-refractivity contribution in [3.05, 3.63) is 35.6 Å². The van der Waals surface area contributed by atoms with Gasteiger partial charge in [0.25, 0.3) is 0 Å². The Kier molecular flexibility index (Phi) is 5.31. The second kappa shape index (κ2) is 6.75. The van der Waals surface area contributed by atoms with Gasteiger partial charge in [-0.25, -0.2) is 4.39 Å². The predicted molar refractivity (Wildman–Crippen MR) is 67.2 cm³/mol. The van der Waals surface area contributed by atoms with Crippen LogP contribution in [0.3, 0.4) is 0 Å². The van der Waals surface area contributed by atoms with Crippen molar-refractivity contribution in [3.63, 3.8) is 0 Å². The molecule has 1 rings (SSSR count). The lowest BCUT2D eigenvalue weighted by Gasteiger charge is -2.25. The summed E-state index contributed by atoms with van der Waals surface area (Å²) >= 11 is 0. The number of amides is 1. The third-order valence-corrected chi connectivity index (χ3v) is 2.65. The Balaban J connectivity index is 2.70. The Hall–Kier alpha value is -1.89. The van der Waals surface area contributed by atoms with E-state index in [-0.39, 0.29) is 24.2 Å². The summed E-state index contributed by atoms with van der Waals surface area (Å²) in [6.07, 6.45) is 0.481. The molecule has 0 radical (unpaired) electrons. The molecular weight excluding hydrogens is 231 g/mol. The minimum absolute atomic E-state index is 0.0411. The summed E-state index contributed by atoms with van der Waals surface area (Å²) in [6, 6.07) is 8.10. The van der Waals surface area contributed by atoms with Gasteiger partial charge in [0.1, 0.15) is 5.82 Å². The van der Waals surface area contributed by atoms with E-state index in [1.165, 1.54) is 12.1 Å². The van der Waals surface area contributed by atoms with Gasteiger partial charge in [-0.15, -0.1) is 0 Å². The molecule has 0 spiro atoms. The van der Waals surface area contributed by atoms with Crippen molar-refractivity contribution in [3.8, 4) is 6.07 Å². The Morgan fingerprint density at radius 3 is 2.78 bits per heavy atom. The SMILES string of the molecule is CC(C)N(CCC#N)C(=O)Cc1cccc(F)c1. The molecule has 0 aliphatic heterocycles. The van der Waals surface area contributed by atoms with Gasteiger partial charge >= 0.3 is 0 Å². The first kappa shape index (κ1) is 14.2. The van der Waals surface area contributed by atoms with E-state index in [0.717, 1.165) is 0 Å². The molecular formula is C14H17FN2O. The highest BCUT2D eigenvalue weighted by Crippen LogP contribution is 2.08. The zero-order valence-corrected chi connectivity index (χ0v) is 10.7. The lowest BCUT2D eigenvalue weighted by molar-refractivity contribution is -0.132. The van der Waals surface area contributed by atoms with Gasteiger partial charge in [0.05, 0.1) is 18.9 Å². The number of halogens is 1. The van der Waals surface area contributed by atoms with E-state index in [4.69, 9.17) is 5.26 Å². The monoisotopic (exact) mass is 248 g/mol. The van der Waals surface area contributed by atoms with Gasteiger partial charge < -0.3 is 4.90 Å². The first-order valence-electron chi connectivity index (χ1n) is 5.95. The molecule has 0 N–H and O–H groups in total. The van der Waals surface area contributed by atoms with Crippen LogP contribution in [0.4, 0.5) is 4.39 Å². The number of hydrogen-bond acceptors (Lipinski definition) is 2. The minimum Gasteiger partial charge on any atom is -0.339 e. The zero-order chi connectivity index (χ0) is 13.5. The van der Waals surface area contributed by atoms with Gasteiger partial charge in [-0.05, 0) is 31.5 Å². The van der Waals surface area contributed by atoms with Crippen LogP contribution in [-0.2, 0) is 11.2 Å². The lowest BCUT2D eigenvalue weighted by Crippen LogP contribution is -2.38. The first-order chi connectivity index (χ1) is 8.54. The largest absolute Gasteiger partial charge is 0.339 e. The van der Waals surface area contributed by atoms with E-state index in [0.29, 0.717) is 18.5 Å². The molecule has 0 saturated heterocycles. The summed E-state index contributed by atoms with van der Waals surface area (Å²) in [5.74, 6) is -0.417. The summed E-state index contributed by atoms with van der Waals surface area (Å²) in [5.41, 5.74) is 0.655. The molecule has 0 unspecified atom stereocenters. The molecule has 1 aromatic rings. The molecule has 1 aromatic carbocycles. The summed E-state index contributed by atoms with van der Waals surface area (Å²) < 4.78 is 13.0. The van der Waals surface area contributed by atoms with Gasteiger partial charge in [-0.2, -0.15) is 5.26 Å². The molecule has 3 nitrogen and oxygen atoms in total. The maximum atomic E-state index is 13.0. The van der Waals surface area contributed by atoms with Crippen molar-refractivity contribution in [2.45, 2.75) is 32.7 Å². The Labute approximate surface area is 107 Å². The highest BCUT2D eigenvalue weighted by atomic mass is 19.1. The molecule has 0 aromatic heterocycles. The molecule has 1 amide bonds. The van der Waals surface area contributed by atoms with Crippen LogP contribution in [0, 0.1) is 17.1 Å². The highest BCUT2D eigenvalue weighted by Gasteiger charge is 2.16. The topological polar surface area (TPSA) is 44.1 Å². The average molecular weight is 248 g/mol. The van der Waals surface area contributed by atoms with E-state index >= 15 is 0 Å². The molecule has 0 atom stereocenters. The van der Waals surface area contributed by atoms with Crippen LogP contribution in [0.5, 0.6) is 0 Å². The fraction of sp³-hybridized carbons (Fsp3) is 0.429. The summed E-state index contributed by atoms with van der Waals surface area (Å²) in [5, 5.41) is 8.57. The molecule has 0 saturated carbocycles. The molecule has 4 heteroatoms. The molecule has 0 aliphatic carbocycles. The zero-order valence-electron chi connectivity index (χ0n) is 10.7. The molecule has 0 heterocycles. The maximum Gasteiger partial charge on any atom is 0.227 e. The third-order valence-electron chi connectivity index (χ3n) is 2.65. The van der Waals surface area contributed by atoms with Gasteiger partial charge in [0.2, 0.25) is 5.91 Å². The van der Waals surface area contributed by atoms with E-state index in [9.17, 15) is 9.18 Å². The van der Waals surface area contributed by atoms with Crippen LogP contribution in [0.25, 0.3) is 0 Å². The second-order valence-electron chi connectivity index (χ2n) is 4.40. The van der Waals surface area contributed by atoms with Gasteiger partial charge in [0.15, 0.2) is 0 Å². The van der Waals surface area contributed by atoms with Crippen LogP contribution >= 0.6 is 0 Å². The van der Waals surface area contributed by atoms with Crippen LogP contribution in [0.1, 0.15) is 25.8 Å². The average Bonchev–Trinajstić information content (AvgIpc) is 2.29. The molecule has 0 bridgehead atoms. The van der Waals surface area contributed by atoms with Crippen LogP contribution < -0.4 is 0 Å². The number of rotatable bonds is 5. The molecule has 0 fully saturated rings. The van der Waals surface area contributed by atoms with Gasteiger partial charge in [-0.1, -0.05) is 12.1 Å². The molecule has 0 aliphatic rings. The van der Waals surface area contributed by atoms with Crippen LogP contribution in [-0.4, -0.2) is 23.4 Å². The van der Waals surface area contributed by atoms with E-state index < -0.39 is 0 Å². The highest BCUT2D eigenvalue weighted by molar-refractivity contribution is 5.79. The normalized spacial score (nSPS) is 10.2. The van der Waals surface area contributed by atoms with E-state index in [2.05, 4.69) is 0 Å². The molecule has 18 heavy (non-hydrogen) atoms. The Morgan fingerprint density at radius 1 is 1.50 bits per heavy atom. The van der Waals surface area contributed by atoms with Gasteiger partial charge in [-0.3, -0.25) is 4.79 Å². The maximum absolute atomic E-state index is 13.0. The van der Waals surface area contributed by atoms with Crippen LogP contribution in [0.15, 0.2) is 24.3 Å². The number of carbonyl (C=O) groups is 1. The quantitative estimate of drug-likeness (QED) is 0.803.